The van der Waals surface area contributed by atoms with E-state index in [1.807, 2.05) is 6.92 Å². The minimum atomic E-state index is -0.500. The number of amides is 3. The zero-order chi connectivity index (χ0) is 20.1. The molecule has 0 spiro atoms. The van der Waals surface area contributed by atoms with Crippen LogP contribution in [0.15, 0.2) is 42.5 Å². The molecule has 28 heavy (non-hydrogen) atoms. The molecule has 0 unspecified atom stereocenters. The Bertz CT molecular complexity index is 899. The van der Waals surface area contributed by atoms with Crippen molar-refractivity contribution < 1.29 is 19.1 Å². The van der Waals surface area contributed by atoms with Gasteiger partial charge in [-0.05, 0) is 61.4 Å². The first-order valence-corrected chi connectivity index (χ1v) is 9.20. The number of carbonyl (C=O) groups is 3. The minimum Gasteiger partial charge on any atom is -0.484 e. The topological polar surface area (TPSA) is 87.7 Å². The maximum atomic E-state index is 12.1. The van der Waals surface area contributed by atoms with Gasteiger partial charge in [-0.15, -0.1) is 0 Å². The molecule has 8 heteroatoms. The van der Waals surface area contributed by atoms with E-state index in [-0.39, 0.29) is 12.5 Å². The van der Waals surface area contributed by atoms with Crippen molar-refractivity contribution in [1.82, 2.24) is 10.9 Å². The molecule has 1 heterocycles. The van der Waals surface area contributed by atoms with Crippen molar-refractivity contribution in [2.24, 2.45) is 0 Å². The highest BCUT2D eigenvalue weighted by Crippen LogP contribution is 2.22. The van der Waals surface area contributed by atoms with E-state index in [9.17, 15) is 14.4 Å². The van der Waals surface area contributed by atoms with E-state index < -0.39 is 11.8 Å². The van der Waals surface area contributed by atoms with Crippen LogP contribution >= 0.6 is 11.6 Å². The van der Waals surface area contributed by atoms with Crippen LogP contribution < -0.4 is 20.5 Å². The summed E-state index contributed by atoms with van der Waals surface area (Å²) in [7, 11) is 0. The summed E-state index contributed by atoms with van der Waals surface area (Å²) < 4.78 is 5.36. The number of halogens is 1. The minimum absolute atomic E-state index is 0.0837. The van der Waals surface area contributed by atoms with Crippen LogP contribution in [0.1, 0.15) is 28.8 Å². The van der Waals surface area contributed by atoms with Crippen LogP contribution in [0.3, 0.4) is 0 Å². The number of anilines is 1. The molecule has 0 atom stereocenters. The molecule has 1 saturated heterocycles. The smallest absolute Gasteiger partial charge is 0.276 e. The Balaban J connectivity index is 1.47. The first-order valence-electron chi connectivity index (χ1n) is 8.82. The molecule has 3 rings (SSSR count). The van der Waals surface area contributed by atoms with Crippen LogP contribution in [0.5, 0.6) is 5.75 Å². The first-order chi connectivity index (χ1) is 13.4. The van der Waals surface area contributed by atoms with Crippen molar-refractivity contribution in [3.8, 4) is 5.75 Å². The van der Waals surface area contributed by atoms with Gasteiger partial charge >= 0.3 is 0 Å². The second kappa shape index (κ2) is 8.75. The molecule has 7 nitrogen and oxygen atoms in total. The fraction of sp³-hybridized carbons (Fsp3) is 0.250. The largest absolute Gasteiger partial charge is 0.484 e. The average Bonchev–Trinajstić information content (AvgIpc) is 3.13. The standard InChI is InChI=1S/C20H20ClN3O4/c1-13-11-16(8-9-17(13)21)28-12-18(25)22-23-20(27)14-4-6-15(7-5-14)24-10-2-3-19(24)26/h4-9,11H,2-3,10,12H2,1H3,(H,22,25)(H,23,27). The predicted octanol–water partition coefficient (Wildman–Crippen LogP) is 2.62. The Morgan fingerprint density at radius 1 is 1.14 bits per heavy atom. The molecule has 3 amide bonds. The summed E-state index contributed by atoms with van der Waals surface area (Å²) in [6, 6.07) is 11.7. The Kier molecular flexibility index (Phi) is 6.16. The first kappa shape index (κ1) is 19.7. The predicted molar refractivity (Wildman–Crippen MR) is 105 cm³/mol. The molecule has 0 bridgehead atoms. The highest BCUT2D eigenvalue weighted by Gasteiger charge is 2.21. The average molecular weight is 402 g/mol. The lowest BCUT2D eigenvalue weighted by molar-refractivity contribution is -0.123. The van der Waals surface area contributed by atoms with Gasteiger partial charge < -0.3 is 9.64 Å². The lowest BCUT2D eigenvalue weighted by Gasteiger charge is -2.16. The van der Waals surface area contributed by atoms with Gasteiger partial charge in [0.05, 0.1) is 0 Å². The summed E-state index contributed by atoms with van der Waals surface area (Å²) in [5.74, 6) is -0.369. The Morgan fingerprint density at radius 3 is 2.54 bits per heavy atom. The molecule has 0 aliphatic carbocycles. The molecule has 2 aromatic carbocycles. The molecule has 1 fully saturated rings. The van der Waals surface area contributed by atoms with Crippen molar-refractivity contribution in [2.45, 2.75) is 19.8 Å². The number of hydrogen-bond acceptors (Lipinski definition) is 4. The molecule has 1 aliphatic rings. The number of nitrogens with one attached hydrogen (secondary N) is 2. The Labute approximate surface area is 167 Å². The van der Waals surface area contributed by atoms with Gasteiger partial charge in [-0.1, -0.05) is 11.6 Å². The maximum absolute atomic E-state index is 12.1. The molecule has 0 saturated carbocycles. The van der Waals surface area contributed by atoms with Crippen molar-refractivity contribution in [3.63, 3.8) is 0 Å². The monoisotopic (exact) mass is 401 g/mol. The van der Waals surface area contributed by atoms with Crippen molar-refractivity contribution in [1.29, 1.82) is 0 Å². The van der Waals surface area contributed by atoms with E-state index in [2.05, 4.69) is 10.9 Å². The number of ether oxygens (including phenoxy) is 1. The van der Waals surface area contributed by atoms with Crippen molar-refractivity contribution >= 4 is 35.0 Å². The van der Waals surface area contributed by atoms with Gasteiger partial charge in [0.1, 0.15) is 5.75 Å². The van der Waals surface area contributed by atoms with Crippen LogP contribution in [-0.4, -0.2) is 30.9 Å². The summed E-state index contributed by atoms with van der Waals surface area (Å²) >= 11 is 5.94. The summed E-state index contributed by atoms with van der Waals surface area (Å²) in [6.07, 6.45) is 1.39. The zero-order valence-corrected chi connectivity index (χ0v) is 16.1. The highest BCUT2D eigenvalue weighted by atomic mass is 35.5. The normalized spacial score (nSPS) is 13.4. The molecule has 2 N–H and O–H groups in total. The molecule has 0 aromatic heterocycles. The van der Waals surface area contributed by atoms with Gasteiger partial charge in [-0.25, -0.2) is 0 Å². The quantitative estimate of drug-likeness (QED) is 0.754. The molecule has 2 aromatic rings. The van der Waals surface area contributed by atoms with Gasteiger partial charge in [0.25, 0.3) is 11.8 Å². The zero-order valence-electron chi connectivity index (χ0n) is 15.3. The van der Waals surface area contributed by atoms with Crippen LogP contribution in [0.4, 0.5) is 5.69 Å². The van der Waals surface area contributed by atoms with Gasteiger partial charge in [0.15, 0.2) is 6.61 Å². The number of aryl methyl sites for hydroxylation is 1. The number of hydrazine groups is 1. The number of rotatable bonds is 5. The van der Waals surface area contributed by atoms with E-state index in [0.29, 0.717) is 29.3 Å². The number of nitrogens with zero attached hydrogens (tertiary/aromatic N) is 1. The molecular weight excluding hydrogens is 382 g/mol. The van der Waals surface area contributed by atoms with E-state index in [1.54, 1.807) is 47.4 Å². The van der Waals surface area contributed by atoms with E-state index in [0.717, 1.165) is 17.7 Å². The Morgan fingerprint density at radius 2 is 1.89 bits per heavy atom. The molecule has 146 valence electrons. The SMILES string of the molecule is Cc1cc(OCC(=O)NNC(=O)c2ccc(N3CCCC3=O)cc2)ccc1Cl. The van der Waals surface area contributed by atoms with Gasteiger partial charge in [0, 0.05) is 29.2 Å². The number of carbonyl (C=O) groups excluding carboxylic acids is 3. The summed E-state index contributed by atoms with van der Waals surface area (Å²) in [5.41, 5.74) is 6.60. The van der Waals surface area contributed by atoms with Crippen LogP contribution in [-0.2, 0) is 9.59 Å². The molecular formula is C20H20ClN3O4. The van der Waals surface area contributed by atoms with E-state index in [4.69, 9.17) is 16.3 Å². The molecule has 0 radical (unpaired) electrons. The third-order valence-corrected chi connectivity index (χ3v) is 4.75. The highest BCUT2D eigenvalue weighted by molar-refractivity contribution is 6.31. The summed E-state index contributed by atoms with van der Waals surface area (Å²) in [5, 5.41) is 0.615. The van der Waals surface area contributed by atoms with E-state index in [1.165, 1.54) is 0 Å². The lowest BCUT2D eigenvalue weighted by atomic mass is 10.2. The Hall–Kier alpha value is -3.06. The maximum Gasteiger partial charge on any atom is 0.276 e. The summed E-state index contributed by atoms with van der Waals surface area (Å²) in [4.78, 5) is 37.4. The fourth-order valence-electron chi connectivity index (χ4n) is 2.80. The van der Waals surface area contributed by atoms with Crippen LogP contribution in [0, 0.1) is 6.92 Å². The van der Waals surface area contributed by atoms with Gasteiger partial charge in [-0.3, -0.25) is 25.2 Å². The second-order valence-corrected chi connectivity index (χ2v) is 6.80. The lowest BCUT2D eigenvalue weighted by Crippen LogP contribution is -2.43. The van der Waals surface area contributed by atoms with Crippen LogP contribution in [0.25, 0.3) is 0 Å². The van der Waals surface area contributed by atoms with Crippen molar-refractivity contribution in [3.05, 3.63) is 58.6 Å². The third-order valence-electron chi connectivity index (χ3n) is 4.33. The van der Waals surface area contributed by atoms with Crippen molar-refractivity contribution in [2.75, 3.05) is 18.1 Å². The summed E-state index contributed by atoms with van der Waals surface area (Å²) in [6.45, 7) is 2.27. The van der Waals surface area contributed by atoms with Gasteiger partial charge in [-0.2, -0.15) is 0 Å². The second-order valence-electron chi connectivity index (χ2n) is 6.40. The third kappa shape index (κ3) is 4.80. The number of benzene rings is 2. The van der Waals surface area contributed by atoms with E-state index >= 15 is 0 Å². The van der Waals surface area contributed by atoms with Gasteiger partial charge in [0.2, 0.25) is 5.91 Å². The number of hydrogen-bond donors (Lipinski definition) is 2. The molecule has 1 aliphatic heterocycles. The fourth-order valence-corrected chi connectivity index (χ4v) is 2.92. The van der Waals surface area contributed by atoms with Crippen LogP contribution in [0.2, 0.25) is 5.02 Å².